The fraction of sp³-hybridized carbons (Fsp3) is 0.448. The van der Waals surface area contributed by atoms with E-state index in [4.69, 9.17) is 28.7 Å². The van der Waals surface area contributed by atoms with E-state index in [0.717, 1.165) is 54.2 Å². The molecule has 0 radical (unpaired) electrons. The molecule has 0 saturated carbocycles. The van der Waals surface area contributed by atoms with Crippen LogP contribution < -0.4 is 9.47 Å². The van der Waals surface area contributed by atoms with Crippen molar-refractivity contribution in [3.8, 4) is 23.0 Å². The summed E-state index contributed by atoms with van der Waals surface area (Å²) < 4.78 is 24.0. The molecule has 3 aromatic rings. The maximum absolute atomic E-state index is 10.9. The molecule has 1 unspecified atom stereocenters. The van der Waals surface area contributed by atoms with E-state index < -0.39 is 5.97 Å². The number of carboxylic acid groups (broad SMARTS) is 1. The lowest BCUT2D eigenvalue weighted by Crippen LogP contribution is -2.25. The summed E-state index contributed by atoms with van der Waals surface area (Å²) in [5.74, 6) is 2.17. The first-order valence-electron chi connectivity index (χ1n) is 12.6. The Morgan fingerprint density at radius 3 is 2.42 bits per heavy atom. The minimum absolute atomic E-state index is 0.110. The Hall–Kier alpha value is -3.32. The van der Waals surface area contributed by atoms with Crippen molar-refractivity contribution in [3.05, 3.63) is 65.0 Å². The normalized spacial score (nSPS) is 15.1. The van der Waals surface area contributed by atoms with E-state index in [-0.39, 0.29) is 24.5 Å². The van der Waals surface area contributed by atoms with Crippen molar-refractivity contribution in [2.24, 2.45) is 0 Å². The molecule has 0 spiro atoms. The monoisotopic (exact) mass is 493 g/mol. The number of ether oxygens (including phenoxy) is 3. The minimum Gasteiger partial charge on any atom is -0.490 e. The predicted molar refractivity (Wildman–Crippen MR) is 137 cm³/mol. The number of aromatic nitrogens is 1. The van der Waals surface area contributed by atoms with Gasteiger partial charge in [-0.25, -0.2) is 4.98 Å². The highest BCUT2D eigenvalue weighted by atomic mass is 16.5. The molecule has 1 N–H and O–H groups in total. The molecular weight excluding hydrogens is 458 g/mol. The zero-order valence-corrected chi connectivity index (χ0v) is 21.5. The lowest BCUT2D eigenvalue weighted by atomic mass is 10.0. The molecule has 192 valence electrons. The van der Waals surface area contributed by atoms with Crippen molar-refractivity contribution in [2.75, 3.05) is 13.2 Å². The molecule has 36 heavy (non-hydrogen) atoms. The highest BCUT2D eigenvalue weighted by molar-refractivity contribution is 5.67. The van der Waals surface area contributed by atoms with Gasteiger partial charge in [0, 0.05) is 24.8 Å². The number of hydrogen-bond donors (Lipinski definition) is 1. The molecule has 2 heterocycles. The number of benzene rings is 2. The minimum atomic E-state index is -0.799. The average molecular weight is 494 g/mol. The van der Waals surface area contributed by atoms with Crippen LogP contribution in [0.2, 0.25) is 0 Å². The van der Waals surface area contributed by atoms with Gasteiger partial charge in [0.1, 0.15) is 17.6 Å². The van der Waals surface area contributed by atoms with Crippen LogP contribution in [0.25, 0.3) is 11.5 Å². The Balaban J connectivity index is 1.48. The molecule has 1 aromatic heterocycles. The van der Waals surface area contributed by atoms with Gasteiger partial charge in [-0.3, -0.25) is 4.79 Å². The first-order chi connectivity index (χ1) is 17.3. The summed E-state index contributed by atoms with van der Waals surface area (Å²) in [4.78, 5) is 15.7. The van der Waals surface area contributed by atoms with Crippen LogP contribution >= 0.6 is 0 Å². The third-order valence-corrected chi connectivity index (χ3v) is 6.40. The summed E-state index contributed by atoms with van der Waals surface area (Å²) >= 11 is 0. The van der Waals surface area contributed by atoms with Gasteiger partial charge < -0.3 is 23.7 Å². The molecule has 4 rings (SSSR count). The quantitative estimate of drug-likeness (QED) is 0.345. The van der Waals surface area contributed by atoms with Crippen LogP contribution in [0.3, 0.4) is 0 Å². The molecule has 2 aromatic carbocycles. The third kappa shape index (κ3) is 6.46. The first kappa shape index (κ1) is 25.8. The number of aryl methyl sites for hydroxylation is 2. The number of rotatable bonds is 10. The van der Waals surface area contributed by atoms with Crippen LogP contribution in [0.5, 0.6) is 11.5 Å². The van der Waals surface area contributed by atoms with Gasteiger partial charge in [-0.05, 0) is 73.7 Å². The van der Waals surface area contributed by atoms with Crippen LogP contribution in [-0.4, -0.2) is 35.4 Å². The molecule has 7 heteroatoms. The number of carboxylic acids is 1. The fourth-order valence-electron chi connectivity index (χ4n) is 4.36. The molecule has 1 atom stereocenters. The Morgan fingerprint density at radius 2 is 1.78 bits per heavy atom. The van der Waals surface area contributed by atoms with Gasteiger partial charge in [-0.1, -0.05) is 19.9 Å². The van der Waals surface area contributed by atoms with E-state index in [9.17, 15) is 4.79 Å². The van der Waals surface area contributed by atoms with Crippen molar-refractivity contribution in [2.45, 2.75) is 71.5 Å². The average Bonchev–Trinajstić information content (AvgIpc) is 3.31. The molecule has 1 aliphatic rings. The number of nitrogens with zero attached hydrogens (tertiary/aromatic N) is 1. The Morgan fingerprint density at radius 1 is 1.08 bits per heavy atom. The topological polar surface area (TPSA) is 91.0 Å². The highest BCUT2D eigenvalue weighted by Gasteiger charge is 2.24. The summed E-state index contributed by atoms with van der Waals surface area (Å²) in [6, 6.07) is 13.6. The van der Waals surface area contributed by atoms with Gasteiger partial charge in [-0.15, -0.1) is 0 Å². The van der Waals surface area contributed by atoms with Crippen molar-refractivity contribution in [1.82, 2.24) is 4.98 Å². The van der Waals surface area contributed by atoms with Gasteiger partial charge in [0.2, 0.25) is 5.89 Å². The van der Waals surface area contributed by atoms with Crippen LogP contribution in [-0.2, 0) is 16.0 Å². The number of aliphatic carboxylic acids is 1. The number of hydrogen-bond acceptors (Lipinski definition) is 6. The SMILES string of the molecule is Cc1cc(OC(C)c2oc(-c3ccc(OC4CCOCC4)cc3)nc2C(C)C)ccc1CCC(=O)O. The van der Waals surface area contributed by atoms with Crippen LogP contribution in [0.1, 0.15) is 74.6 Å². The zero-order chi connectivity index (χ0) is 25.7. The van der Waals surface area contributed by atoms with Crippen molar-refractivity contribution >= 4 is 5.97 Å². The summed E-state index contributed by atoms with van der Waals surface area (Å²) in [6.07, 6.45) is 2.27. The molecule has 0 bridgehead atoms. The van der Waals surface area contributed by atoms with E-state index in [2.05, 4.69) is 13.8 Å². The van der Waals surface area contributed by atoms with Crippen LogP contribution in [0.15, 0.2) is 46.9 Å². The third-order valence-electron chi connectivity index (χ3n) is 6.40. The van der Waals surface area contributed by atoms with Gasteiger partial charge in [0.05, 0.1) is 18.9 Å². The molecular formula is C29H35NO6. The molecule has 0 aliphatic carbocycles. The summed E-state index contributed by atoms with van der Waals surface area (Å²) in [5, 5.41) is 8.95. The van der Waals surface area contributed by atoms with Gasteiger partial charge in [0.25, 0.3) is 0 Å². The van der Waals surface area contributed by atoms with E-state index in [1.54, 1.807) is 0 Å². The Labute approximate surface area is 212 Å². The second-order valence-electron chi connectivity index (χ2n) is 9.62. The van der Waals surface area contributed by atoms with Crippen molar-refractivity contribution in [3.63, 3.8) is 0 Å². The first-order valence-corrected chi connectivity index (χ1v) is 12.6. The lowest BCUT2D eigenvalue weighted by Gasteiger charge is -2.23. The van der Waals surface area contributed by atoms with E-state index in [0.29, 0.717) is 23.8 Å². The molecule has 1 aliphatic heterocycles. The van der Waals surface area contributed by atoms with Crippen molar-refractivity contribution in [1.29, 1.82) is 0 Å². The zero-order valence-electron chi connectivity index (χ0n) is 21.5. The lowest BCUT2D eigenvalue weighted by molar-refractivity contribution is -0.136. The second-order valence-corrected chi connectivity index (χ2v) is 9.62. The Kier molecular flexibility index (Phi) is 8.31. The predicted octanol–water partition coefficient (Wildman–Crippen LogP) is 6.49. The van der Waals surface area contributed by atoms with Crippen molar-refractivity contribution < 1.29 is 28.5 Å². The van der Waals surface area contributed by atoms with Gasteiger partial charge in [-0.2, -0.15) is 0 Å². The maximum atomic E-state index is 10.9. The number of oxazole rings is 1. The Bertz CT molecular complexity index is 1160. The fourth-order valence-corrected chi connectivity index (χ4v) is 4.36. The van der Waals surface area contributed by atoms with Gasteiger partial charge in [0.15, 0.2) is 11.9 Å². The molecule has 1 saturated heterocycles. The maximum Gasteiger partial charge on any atom is 0.303 e. The highest BCUT2D eigenvalue weighted by Crippen LogP contribution is 2.34. The summed E-state index contributed by atoms with van der Waals surface area (Å²) in [7, 11) is 0. The van der Waals surface area contributed by atoms with Crippen LogP contribution in [0.4, 0.5) is 0 Å². The molecule has 7 nitrogen and oxygen atoms in total. The largest absolute Gasteiger partial charge is 0.490 e. The summed E-state index contributed by atoms with van der Waals surface area (Å²) in [5.41, 5.74) is 3.76. The van der Waals surface area contributed by atoms with E-state index in [1.165, 1.54) is 0 Å². The van der Waals surface area contributed by atoms with E-state index >= 15 is 0 Å². The smallest absolute Gasteiger partial charge is 0.303 e. The standard InChI is InChI=1S/C29H35NO6/c1-18(2)27-28(20(4)34-25-11-5-21(19(3)17-25)8-12-26(31)32)36-29(30-27)22-6-9-23(10-7-22)35-24-13-15-33-16-14-24/h5-7,9-11,17-18,20,24H,8,12-16H2,1-4H3,(H,31,32). The molecule has 0 amide bonds. The van der Waals surface area contributed by atoms with E-state index in [1.807, 2.05) is 56.3 Å². The molecule has 1 fully saturated rings. The van der Waals surface area contributed by atoms with Gasteiger partial charge >= 0.3 is 5.97 Å². The van der Waals surface area contributed by atoms with Crippen LogP contribution in [0, 0.1) is 6.92 Å². The second kappa shape index (κ2) is 11.6. The summed E-state index contributed by atoms with van der Waals surface area (Å²) in [6.45, 7) is 9.59. The number of carbonyl (C=O) groups is 1.